The molecule has 0 aliphatic heterocycles. The molecule has 4 nitrogen and oxygen atoms in total. The second-order valence-corrected chi connectivity index (χ2v) is 5.49. The van der Waals surface area contributed by atoms with Crippen LogP contribution >= 0.6 is 0 Å². The summed E-state index contributed by atoms with van der Waals surface area (Å²) in [5.41, 5.74) is 4.23. The molecular weight excluding hydrogens is 274 g/mol. The van der Waals surface area contributed by atoms with Crippen molar-refractivity contribution in [3.05, 3.63) is 59.7 Å². The number of fused-ring (bicyclic) bond motifs is 1. The quantitative estimate of drug-likeness (QED) is 0.749. The molecule has 0 aliphatic carbocycles. The molecular formula is C18H21N3O. The van der Waals surface area contributed by atoms with E-state index in [1.807, 2.05) is 24.3 Å². The Balaban J connectivity index is 1.66. The summed E-state index contributed by atoms with van der Waals surface area (Å²) in [5.74, 6) is 0. The molecule has 0 unspecified atom stereocenters. The lowest BCUT2D eigenvalue weighted by Crippen LogP contribution is -2.16. The van der Waals surface area contributed by atoms with E-state index in [1.165, 1.54) is 11.1 Å². The van der Waals surface area contributed by atoms with E-state index in [9.17, 15) is 0 Å². The molecule has 0 fully saturated rings. The van der Waals surface area contributed by atoms with Crippen LogP contribution in [0.3, 0.4) is 0 Å². The summed E-state index contributed by atoms with van der Waals surface area (Å²) in [6, 6.07) is 17.0. The zero-order valence-electron chi connectivity index (χ0n) is 13.0. The molecule has 0 atom stereocenters. The third-order valence-electron chi connectivity index (χ3n) is 3.72. The predicted molar refractivity (Wildman–Crippen MR) is 89.8 cm³/mol. The number of rotatable bonds is 6. The van der Waals surface area contributed by atoms with E-state index in [2.05, 4.69) is 53.4 Å². The number of nitrogens with zero attached hydrogens (tertiary/aromatic N) is 2. The van der Waals surface area contributed by atoms with Gasteiger partial charge in [-0.1, -0.05) is 43.3 Å². The first-order valence-corrected chi connectivity index (χ1v) is 7.60. The first kappa shape index (κ1) is 14.6. The number of anilines is 1. The van der Waals surface area contributed by atoms with Gasteiger partial charge in [0.15, 0.2) is 5.58 Å². The van der Waals surface area contributed by atoms with Crippen LogP contribution in [0.1, 0.15) is 18.1 Å². The minimum absolute atomic E-state index is 0.567. The fourth-order valence-electron chi connectivity index (χ4n) is 2.39. The van der Waals surface area contributed by atoms with Gasteiger partial charge in [0, 0.05) is 13.1 Å². The van der Waals surface area contributed by atoms with Crippen molar-refractivity contribution in [3.63, 3.8) is 0 Å². The molecule has 0 aliphatic rings. The second kappa shape index (κ2) is 6.62. The van der Waals surface area contributed by atoms with E-state index in [-0.39, 0.29) is 0 Å². The minimum atomic E-state index is 0.567. The lowest BCUT2D eigenvalue weighted by molar-refractivity contribution is 0.345. The number of aromatic nitrogens is 1. The number of benzene rings is 2. The molecule has 0 radical (unpaired) electrons. The van der Waals surface area contributed by atoms with E-state index in [0.29, 0.717) is 12.6 Å². The van der Waals surface area contributed by atoms with Crippen LogP contribution in [-0.4, -0.2) is 23.5 Å². The van der Waals surface area contributed by atoms with Gasteiger partial charge in [0.25, 0.3) is 6.01 Å². The van der Waals surface area contributed by atoms with E-state index in [0.717, 1.165) is 24.2 Å². The van der Waals surface area contributed by atoms with Crippen molar-refractivity contribution in [1.82, 2.24) is 9.88 Å². The van der Waals surface area contributed by atoms with Gasteiger partial charge in [-0.2, -0.15) is 4.98 Å². The maximum atomic E-state index is 5.67. The standard InChI is InChI=1S/C18H21N3O/c1-3-21(2)13-15-8-6-7-14(11-15)12-19-18-20-16-9-4-5-10-17(16)22-18/h4-11H,3,12-13H2,1-2H3,(H,19,20). The SMILES string of the molecule is CCN(C)Cc1cccc(CNc2nc3ccccc3o2)c1. The van der Waals surface area contributed by atoms with Gasteiger partial charge in [0.05, 0.1) is 0 Å². The van der Waals surface area contributed by atoms with Gasteiger partial charge >= 0.3 is 0 Å². The fourth-order valence-corrected chi connectivity index (χ4v) is 2.39. The Hall–Kier alpha value is -2.33. The number of hydrogen-bond acceptors (Lipinski definition) is 4. The Kier molecular flexibility index (Phi) is 4.39. The number of hydrogen-bond donors (Lipinski definition) is 1. The summed E-state index contributed by atoms with van der Waals surface area (Å²) in [5, 5.41) is 3.25. The normalized spacial score (nSPS) is 11.2. The molecule has 0 saturated carbocycles. The Labute approximate surface area is 130 Å². The van der Waals surface area contributed by atoms with Crippen molar-refractivity contribution in [2.24, 2.45) is 0 Å². The lowest BCUT2D eigenvalue weighted by Gasteiger charge is -2.14. The first-order chi connectivity index (χ1) is 10.7. The highest BCUT2D eigenvalue weighted by atomic mass is 16.4. The third kappa shape index (κ3) is 3.46. The van der Waals surface area contributed by atoms with Gasteiger partial charge in [-0.25, -0.2) is 0 Å². The number of oxazole rings is 1. The number of nitrogens with one attached hydrogen (secondary N) is 1. The monoisotopic (exact) mass is 295 g/mol. The lowest BCUT2D eigenvalue weighted by atomic mass is 10.1. The van der Waals surface area contributed by atoms with Crippen molar-refractivity contribution in [2.45, 2.75) is 20.0 Å². The van der Waals surface area contributed by atoms with Crippen LogP contribution in [0.4, 0.5) is 6.01 Å². The summed E-state index contributed by atoms with van der Waals surface area (Å²) in [6.07, 6.45) is 0. The van der Waals surface area contributed by atoms with Crippen molar-refractivity contribution in [3.8, 4) is 0 Å². The highest BCUT2D eigenvalue weighted by Gasteiger charge is 2.05. The third-order valence-corrected chi connectivity index (χ3v) is 3.72. The van der Waals surface area contributed by atoms with Gasteiger partial charge in [-0.05, 0) is 36.9 Å². The molecule has 0 spiro atoms. The summed E-state index contributed by atoms with van der Waals surface area (Å²) in [6.45, 7) is 4.88. The molecule has 1 N–H and O–H groups in total. The smallest absolute Gasteiger partial charge is 0.295 e. The van der Waals surface area contributed by atoms with Crippen LogP contribution in [0.2, 0.25) is 0 Å². The minimum Gasteiger partial charge on any atom is -0.424 e. The molecule has 3 rings (SSSR count). The van der Waals surface area contributed by atoms with E-state index < -0.39 is 0 Å². The molecule has 3 aromatic rings. The van der Waals surface area contributed by atoms with Crippen LogP contribution < -0.4 is 5.32 Å². The Morgan fingerprint density at radius 1 is 1.09 bits per heavy atom. The molecule has 2 aromatic carbocycles. The van der Waals surface area contributed by atoms with Crippen molar-refractivity contribution < 1.29 is 4.42 Å². The Morgan fingerprint density at radius 3 is 2.73 bits per heavy atom. The second-order valence-electron chi connectivity index (χ2n) is 5.49. The van der Waals surface area contributed by atoms with E-state index in [4.69, 9.17) is 4.42 Å². The summed E-state index contributed by atoms with van der Waals surface area (Å²) < 4.78 is 5.67. The summed E-state index contributed by atoms with van der Waals surface area (Å²) >= 11 is 0. The Bertz CT molecular complexity index is 718. The van der Waals surface area contributed by atoms with Crippen molar-refractivity contribution >= 4 is 17.1 Å². The molecule has 0 amide bonds. The van der Waals surface area contributed by atoms with Crippen LogP contribution in [0.25, 0.3) is 11.1 Å². The first-order valence-electron chi connectivity index (χ1n) is 7.60. The maximum absolute atomic E-state index is 5.67. The van der Waals surface area contributed by atoms with Gasteiger partial charge in [-0.3, -0.25) is 0 Å². The topological polar surface area (TPSA) is 41.3 Å². The zero-order chi connectivity index (χ0) is 15.4. The van der Waals surface area contributed by atoms with Gasteiger partial charge in [0.2, 0.25) is 0 Å². The highest BCUT2D eigenvalue weighted by molar-refractivity contribution is 5.74. The average molecular weight is 295 g/mol. The van der Waals surface area contributed by atoms with Crippen LogP contribution in [0.5, 0.6) is 0 Å². The van der Waals surface area contributed by atoms with Crippen molar-refractivity contribution in [1.29, 1.82) is 0 Å². The molecule has 114 valence electrons. The molecule has 1 heterocycles. The molecule has 0 saturated heterocycles. The van der Waals surface area contributed by atoms with Gasteiger partial charge in [-0.15, -0.1) is 0 Å². The highest BCUT2D eigenvalue weighted by Crippen LogP contribution is 2.18. The predicted octanol–water partition coefficient (Wildman–Crippen LogP) is 3.89. The zero-order valence-corrected chi connectivity index (χ0v) is 13.0. The molecule has 1 aromatic heterocycles. The van der Waals surface area contributed by atoms with Gasteiger partial charge in [0.1, 0.15) is 5.52 Å². The van der Waals surface area contributed by atoms with Crippen LogP contribution in [0.15, 0.2) is 52.9 Å². The van der Waals surface area contributed by atoms with E-state index in [1.54, 1.807) is 0 Å². The average Bonchev–Trinajstić information content (AvgIpc) is 2.96. The molecule has 0 bridgehead atoms. The Morgan fingerprint density at radius 2 is 1.91 bits per heavy atom. The summed E-state index contributed by atoms with van der Waals surface area (Å²) in [4.78, 5) is 6.71. The fraction of sp³-hybridized carbons (Fsp3) is 0.278. The molecule has 4 heteroatoms. The largest absolute Gasteiger partial charge is 0.424 e. The van der Waals surface area contributed by atoms with Crippen LogP contribution in [0, 0.1) is 0 Å². The van der Waals surface area contributed by atoms with Gasteiger partial charge < -0.3 is 14.6 Å². The summed E-state index contributed by atoms with van der Waals surface area (Å²) in [7, 11) is 2.13. The van der Waals surface area contributed by atoms with Crippen molar-refractivity contribution in [2.75, 3.05) is 18.9 Å². The molecule has 22 heavy (non-hydrogen) atoms. The number of para-hydroxylation sites is 2. The van der Waals surface area contributed by atoms with E-state index >= 15 is 0 Å². The van der Waals surface area contributed by atoms with Crippen LogP contribution in [-0.2, 0) is 13.1 Å². The maximum Gasteiger partial charge on any atom is 0.295 e.